The van der Waals surface area contributed by atoms with E-state index < -0.39 is 11.7 Å². The Balaban J connectivity index is 1.15. The Morgan fingerprint density at radius 3 is 2.34 bits per heavy atom. The van der Waals surface area contributed by atoms with Gasteiger partial charge in [0, 0.05) is 32.5 Å². The van der Waals surface area contributed by atoms with E-state index in [4.69, 9.17) is 14.3 Å². The number of piperidine rings is 1. The number of alkyl carbamates (subject to hydrolysis) is 1. The number of benzene rings is 2. The number of oxime groups is 1. The van der Waals surface area contributed by atoms with Gasteiger partial charge in [-0.2, -0.15) is 0 Å². The molecule has 0 aromatic heterocycles. The number of likely N-dealkylation sites (tertiary alicyclic amines) is 1. The van der Waals surface area contributed by atoms with Crippen LogP contribution in [-0.4, -0.2) is 48.1 Å². The van der Waals surface area contributed by atoms with Gasteiger partial charge < -0.3 is 24.5 Å². The first-order valence-electron chi connectivity index (χ1n) is 10.8. The number of rotatable bonds is 6. The molecule has 32 heavy (non-hydrogen) atoms. The third kappa shape index (κ3) is 5.85. The van der Waals surface area contributed by atoms with Crippen LogP contribution in [-0.2, 0) is 32.3 Å². The molecule has 2 aromatic carbocycles. The van der Waals surface area contributed by atoms with Gasteiger partial charge in [0.15, 0.2) is 0 Å². The Kier molecular flexibility index (Phi) is 7.01. The quantitative estimate of drug-likeness (QED) is 0.750. The number of ether oxygens (including phenoxy) is 2. The van der Waals surface area contributed by atoms with Crippen molar-refractivity contribution >= 4 is 17.9 Å². The summed E-state index contributed by atoms with van der Waals surface area (Å²) in [6.45, 7) is 1.94. The number of nitrogens with zero attached hydrogens (tertiary/aromatic N) is 2. The molecule has 2 heterocycles. The van der Waals surface area contributed by atoms with E-state index in [0.717, 1.165) is 11.1 Å². The van der Waals surface area contributed by atoms with Gasteiger partial charge >= 0.3 is 6.09 Å². The molecule has 168 valence electrons. The standard InChI is InChI=1S/C24H27N3O5/c28-22(18-30-17-20-9-5-2-6-10-20)27-13-11-24(12-14-27)15-21(26-32-24)31-23(29)25-16-19-7-3-1-4-8-19/h1-10H,11-18H2,(H,25,29). The highest BCUT2D eigenvalue weighted by molar-refractivity contribution is 5.89. The predicted octanol–water partition coefficient (Wildman–Crippen LogP) is 3.22. The molecule has 2 aliphatic heterocycles. The van der Waals surface area contributed by atoms with Gasteiger partial charge in [0.25, 0.3) is 0 Å². The number of hydrogen-bond donors (Lipinski definition) is 1. The second-order valence-electron chi connectivity index (χ2n) is 8.02. The highest BCUT2D eigenvalue weighted by atomic mass is 16.7. The monoisotopic (exact) mass is 437 g/mol. The third-order valence-corrected chi connectivity index (χ3v) is 5.67. The van der Waals surface area contributed by atoms with Crippen LogP contribution in [0.4, 0.5) is 4.79 Å². The summed E-state index contributed by atoms with van der Waals surface area (Å²) in [5.41, 5.74) is 1.50. The first-order chi connectivity index (χ1) is 15.6. The van der Waals surface area contributed by atoms with Crippen LogP contribution in [0.25, 0.3) is 0 Å². The predicted molar refractivity (Wildman–Crippen MR) is 118 cm³/mol. The fraction of sp³-hybridized carbons (Fsp3) is 0.375. The van der Waals surface area contributed by atoms with E-state index in [2.05, 4.69) is 10.5 Å². The first-order valence-corrected chi connectivity index (χ1v) is 10.8. The zero-order chi connectivity index (χ0) is 22.2. The van der Waals surface area contributed by atoms with Crippen LogP contribution < -0.4 is 5.32 Å². The molecule has 2 amide bonds. The summed E-state index contributed by atoms with van der Waals surface area (Å²) in [6.07, 6.45) is 1.10. The average molecular weight is 437 g/mol. The van der Waals surface area contributed by atoms with Crippen molar-refractivity contribution in [3.05, 3.63) is 71.8 Å². The lowest BCUT2D eigenvalue weighted by atomic mass is 9.88. The number of amides is 2. The minimum absolute atomic E-state index is 0.0357. The SMILES string of the molecule is O=C(NCc1ccccc1)OC1=NOC2(CCN(C(=O)COCc3ccccc3)CC2)C1. The zero-order valence-corrected chi connectivity index (χ0v) is 17.9. The largest absolute Gasteiger partial charge is 0.414 e. The van der Waals surface area contributed by atoms with Crippen LogP contribution in [0.15, 0.2) is 65.8 Å². The van der Waals surface area contributed by atoms with Crippen molar-refractivity contribution in [2.24, 2.45) is 5.16 Å². The van der Waals surface area contributed by atoms with E-state index in [0.29, 0.717) is 45.5 Å². The number of carbonyl (C=O) groups excluding carboxylic acids is 2. The van der Waals surface area contributed by atoms with Gasteiger partial charge in [0.05, 0.1) is 13.0 Å². The van der Waals surface area contributed by atoms with Gasteiger partial charge in [-0.05, 0) is 11.1 Å². The summed E-state index contributed by atoms with van der Waals surface area (Å²) in [4.78, 5) is 31.9. The molecule has 1 N–H and O–H groups in total. The highest BCUT2D eigenvalue weighted by Crippen LogP contribution is 2.35. The number of hydrogen-bond acceptors (Lipinski definition) is 6. The molecule has 0 radical (unpaired) electrons. The van der Waals surface area contributed by atoms with E-state index >= 15 is 0 Å². The maximum atomic E-state index is 12.4. The lowest BCUT2D eigenvalue weighted by molar-refractivity contribution is -0.142. The first kappa shape index (κ1) is 21.8. The maximum Gasteiger partial charge on any atom is 0.414 e. The van der Waals surface area contributed by atoms with Crippen molar-refractivity contribution < 1.29 is 23.9 Å². The van der Waals surface area contributed by atoms with Crippen LogP contribution in [0.3, 0.4) is 0 Å². The maximum absolute atomic E-state index is 12.4. The summed E-state index contributed by atoms with van der Waals surface area (Å²) in [5.74, 6) is 0.230. The Bertz CT molecular complexity index is 941. The zero-order valence-electron chi connectivity index (χ0n) is 17.9. The van der Waals surface area contributed by atoms with Gasteiger partial charge in [-0.1, -0.05) is 65.8 Å². The molecule has 0 unspecified atom stereocenters. The molecule has 0 bridgehead atoms. The fourth-order valence-corrected chi connectivity index (χ4v) is 3.81. The molecule has 2 aromatic rings. The van der Waals surface area contributed by atoms with E-state index in [1.54, 1.807) is 4.90 Å². The van der Waals surface area contributed by atoms with Crippen LogP contribution in [0.1, 0.15) is 30.4 Å². The van der Waals surface area contributed by atoms with Gasteiger partial charge in [0.1, 0.15) is 12.2 Å². The van der Waals surface area contributed by atoms with E-state index in [9.17, 15) is 9.59 Å². The average Bonchev–Trinajstić information content (AvgIpc) is 3.21. The summed E-state index contributed by atoms with van der Waals surface area (Å²) in [5, 5.41) is 6.67. The normalized spacial score (nSPS) is 16.9. The molecule has 0 saturated carbocycles. The van der Waals surface area contributed by atoms with Gasteiger partial charge in [-0.25, -0.2) is 4.79 Å². The van der Waals surface area contributed by atoms with Crippen molar-refractivity contribution in [3.8, 4) is 0 Å². The highest BCUT2D eigenvalue weighted by Gasteiger charge is 2.44. The molecule has 1 fully saturated rings. The van der Waals surface area contributed by atoms with Gasteiger partial charge in [0.2, 0.25) is 11.8 Å². The molecular weight excluding hydrogens is 410 g/mol. The summed E-state index contributed by atoms with van der Waals surface area (Å²) >= 11 is 0. The smallest absolute Gasteiger partial charge is 0.392 e. The van der Waals surface area contributed by atoms with Crippen molar-refractivity contribution in [2.45, 2.75) is 38.0 Å². The molecular formula is C24H27N3O5. The number of nitrogens with one attached hydrogen (secondary N) is 1. The Morgan fingerprint density at radius 2 is 1.66 bits per heavy atom. The molecule has 8 nitrogen and oxygen atoms in total. The Morgan fingerprint density at radius 1 is 1.00 bits per heavy atom. The molecule has 1 spiro atoms. The Hall–Kier alpha value is -3.39. The topological polar surface area (TPSA) is 89.5 Å². The molecule has 8 heteroatoms. The van der Waals surface area contributed by atoms with E-state index in [1.165, 1.54) is 0 Å². The van der Waals surface area contributed by atoms with Crippen molar-refractivity contribution in [2.75, 3.05) is 19.7 Å². The van der Waals surface area contributed by atoms with Gasteiger partial charge in [-0.15, -0.1) is 0 Å². The molecule has 4 rings (SSSR count). The lowest BCUT2D eigenvalue weighted by Crippen LogP contribution is -2.48. The van der Waals surface area contributed by atoms with Crippen molar-refractivity contribution in [1.29, 1.82) is 0 Å². The van der Waals surface area contributed by atoms with Crippen molar-refractivity contribution in [3.63, 3.8) is 0 Å². The summed E-state index contributed by atoms with van der Waals surface area (Å²) in [6, 6.07) is 19.4. The summed E-state index contributed by atoms with van der Waals surface area (Å²) in [7, 11) is 0. The van der Waals surface area contributed by atoms with Crippen LogP contribution >= 0.6 is 0 Å². The second-order valence-corrected chi connectivity index (χ2v) is 8.02. The summed E-state index contributed by atoms with van der Waals surface area (Å²) < 4.78 is 10.9. The molecule has 2 aliphatic rings. The van der Waals surface area contributed by atoms with E-state index in [1.807, 2.05) is 60.7 Å². The second kappa shape index (κ2) is 10.3. The Labute approximate surface area is 187 Å². The molecule has 0 aliphatic carbocycles. The van der Waals surface area contributed by atoms with Gasteiger partial charge in [-0.3, -0.25) is 4.79 Å². The van der Waals surface area contributed by atoms with Crippen LogP contribution in [0, 0.1) is 0 Å². The lowest BCUT2D eigenvalue weighted by Gasteiger charge is -2.36. The van der Waals surface area contributed by atoms with Crippen LogP contribution in [0.5, 0.6) is 0 Å². The number of carbonyl (C=O) groups is 2. The molecule has 1 saturated heterocycles. The minimum atomic E-state index is -0.559. The fourth-order valence-electron chi connectivity index (χ4n) is 3.81. The van der Waals surface area contributed by atoms with Crippen LogP contribution in [0.2, 0.25) is 0 Å². The molecule has 0 atom stereocenters. The minimum Gasteiger partial charge on any atom is -0.392 e. The third-order valence-electron chi connectivity index (χ3n) is 5.67. The van der Waals surface area contributed by atoms with Crippen molar-refractivity contribution in [1.82, 2.24) is 10.2 Å². The van der Waals surface area contributed by atoms with E-state index in [-0.39, 0.29) is 18.4 Å².